The first-order chi connectivity index (χ1) is 9.89. The summed E-state index contributed by atoms with van der Waals surface area (Å²) >= 11 is 0. The van der Waals surface area contributed by atoms with Crippen molar-refractivity contribution in [1.29, 1.82) is 0 Å². The number of hydrogen-bond acceptors (Lipinski definition) is 3. The third-order valence-electron chi connectivity index (χ3n) is 4.38. The van der Waals surface area contributed by atoms with Crippen molar-refractivity contribution in [2.75, 3.05) is 20.1 Å². The molecule has 0 radical (unpaired) electrons. The highest BCUT2D eigenvalue weighted by Crippen LogP contribution is 2.34. The Labute approximate surface area is 124 Å². The maximum Gasteiger partial charge on any atom is 0.320 e. The molecule has 2 rings (SSSR count). The quantitative estimate of drug-likeness (QED) is 0.903. The first kappa shape index (κ1) is 15.3. The maximum absolute atomic E-state index is 12.4. The summed E-state index contributed by atoms with van der Waals surface area (Å²) in [4.78, 5) is 31.3. The van der Waals surface area contributed by atoms with E-state index in [-0.39, 0.29) is 12.6 Å². The largest absolute Gasteiger partial charge is 0.481 e. The molecule has 116 valence electrons. The van der Waals surface area contributed by atoms with Crippen molar-refractivity contribution >= 4 is 12.0 Å². The Morgan fingerprint density at radius 3 is 2.71 bits per heavy atom. The predicted octanol–water partition coefficient (Wildman–Crippen LogP) is 1.16. The minimum Gasteiger partial charge on any atom is -0.481 e. The normalized spacial score (nSPS) is 21.6. The highest BCUT2D eigenvalue weighted by Gasteiger charge is 2.45. The molecule has 0 aliphatic carbocycles. The SMILES string of the molecule is CCC1(C(=O)O)CCN(C(=O)N(C)Cc2nccn2C)C1. The first-order valence-electron chi connectivity index (χ1n) is 7.09. The van der Waals surface area contributed by atoms with E-state index in [0.717, 1.165) is 5.82 Å². The van der Waals surface area contributed by atoms with E-state index in [1.807, 2.05) is 24.7 Å². The Morgan fingerprint density at radius 2 is 2.24 bits per heavy atom. The van der Waals surface area contributed by atoms with Crippen molar-refractivity contribution in [2.24, 2.45) is 12.5 Å². The van der Waals surface area contributed by atoms with E-state index in [1.165, 1.54) is 0 Å². The molecule has 0 spiro atoms. The van der Waals surface area contributed by atoms with Crippen LogP contribution in [0.2, 0.25) is 0 Å². The molecule has 1 aliphatic heterocycles. The number of amides is 2. The number of carbonyl (C=O) groups excluding carboxylic acids is 1. The molecular weight excluding hydrogens is 272 g/mol. The Balaban J connectivity index is 2.01. The third-order valence-corrected chi connectivity index (χ3v) is 4.38. The van der Waals surface area contributed by atoms with E-state index in [9.17, 15) is 14.7 Å². The predicted molar refractivity (Wildman–Crippen MR) is 76.6 cm³/mol. The second-order valence-corrected chi connectivity index (χ2v) is 5.70. The van der Waals surface area contributed by atoms with Gasteiger partial charge in [-0.3, -0.25) is 4.79 Å². The fraction of sp³-hybridized carbons (Fsp3) is 0.643. The van der Waals surface area contributed by atoms with Crippen LogP contribution >= 0.6 is 0 Å². The zero-order valence-corrected chi connectivity index (χ0v) is 12.7. The molecule has 1 fully saturated rings. The lowest BCUT2D eigenvalue weighted by molar-refractivity contribution is -0.148. The van der Waals surface area contributed by atoms with Crippen LogP contribution in [0.5, 0.6) is 0 Å². The molecule has 1 N–H and O–H groups in total. The van der Waals surface area contributed by atoms with Crippen molar-refractivity contribution < 1.29 is 14.7 Å². The molecule has 1 aliphatic rings. The smallest absolute Gasteiger partial charge is 0.320 e. The average Bonchev–Trinajstić information content (AvgIpc) is 3.06. The molecule has 0 aromatic carbocycles. The first-order valence-corrected chi connectivity index (χ1v) is 7.09. The van der Waals surface area contributed by atoms with Gasteiger partial charge in [-0.1, -0.05) is 6.92 Å². The summed E-state index contributed by atoms with van der Waals surface area (Å²) in [5.41, 5.74) is -0.792. The van der Waals surface area contributed by atoms with Crippen LogP contribution in [-0.2, 0) is 18.4 Å². The standard InChI is InChI=1S/C14H22N4O3/c1-4-14(12(19)20)5-7-18(10-14)13(21)17(3)9-11-15-6-8-16(11)2/h6,8H,4-5,7,9-10H2,1-3H3,(H,19,20). The van der Waals surface area contributed by atoms with Crippen LogP contribution in [0.1, 0.15) is 25.6 Å². The molecule has 1 aromatic heterocycles. The van der Waals surface area contributed by atoms with E-state index in [0.29, 0.717) is 25.9 Å². The van der Waals surface area contributed by atoms with Crippen molar-refractivity contribution in [3.63, 3.8) is 0 Å². The summed E-state index contributed by atoms with van der Waals surface area (Å²) < 4.78 is 1.86. The van der Waals surface area contributed by atoms with E-state index < -0.39 is 11.4 Å². The van der Waals surface area contributed by atoms with Gasteiger partial charge < -0.3 is 19.5 Å². The van der Waals surface area contributed by atoms with E-state index in [2.05, 4.69) is 4.98 Å². The number of carboxylic acid groups (broad SMARTS) is 1. The van der Waals surface area contributed by atoms with Crippen LogP contribution in [-0.4, -0.2) is 56.6 Å². The topological polar surface area (TPSA) is 78.7 Å². The number of aliphatic carboxylic acids is 1. The van der Waals surface area contributed by atoms with Gasteiger partial charge in [-0.25, -0.2) is 9.78 Å². The van der Waals surface area contributed by atoms with Gasteiger partial charge in [0, 0.05) is 39.6 Å². The van der Waals surface area contributed by atoms with Crippen molar-refractivity contribution in [2.45, 2.75) is 26.3 Å². The van der Waals surface area contributed by atoms with E-state index in [1.54, 1.807) is 23.0 Å². The zero-order chi connectivity index (χ0) is 15.6. The van der Waals surface area contributed by atoms with Crippen LogP contribution in [0, 0.1) is 5.41 Å². The summed E-state index contributed by atoms with van der Waals surface area (Å²) in [6.45, 7) is 3.04. The number of rotatable bonds is 4. The van der Waals surface area contributed by atoms with Crippen LogP contribution in [0.3, 0.4) is 0 Å². The van der Waals surface area contributed by atoms with Gasteiger partial charge in [0.15, 0.2) is 0 Å². The fourth-order valence-electron chi connectivity index (χ4n) is 2.72. The highest BCUT2D eigenvalue weighted by atomic mass is 16.4. The van der Waals surface area contributed by atoms with E-state index in [4.69, 9.17) is 0 Å². The van der Waals surface area contributed by atoms with Crippen molar-refractivity contribution in [3.05, 3.63) is 18.2 Å². The summed E-state index contributed by atoms with van der Waals surface area (Å²) in [5, 5.41) is 9.38. The lowest BCUT2D eigenvalue weighted by Crippen LogP contribution is -2.42. The number of carboxylic acids is 1. The molecule has 7 heteroatoms. The number of aromatic nitrogens is 2. The van der Waals surface area contributed by atoms with Crippen molar-refractivity contribution in [1.82, 2.24) is 19.4 Å². The molecule has 1 saturated heterocycles. The monoisotopic (exact) mass is 294 g/mol. The lowest BCUT2D eigenvalue weighted by atomic mass is 9.84. The van der Waals surface area contributed by atoms with Crippen LogP contribution in [0.25, 0.3) is 0 Å². The fourth-order valence-corrected chi connectivity index (χ4v) is 2.72. The Bertz CT molecular complexity index is 542. The van der Waals surface area contributed by atoms with Crippen LogP contribution < -0.4 is 0 Å². The van der Waals surface area contributed by atoms with Crippen molar-refractivity contribution in [3.8, 4) is 0 Å². The van der Waals surface area contributed by atoms with Crippen LogP contribution in [0.4, 0.5) is 4.79 Å². The van der Waals surface area contributed by atoms with Gasteiger partial charge >= 0.3 is 12.0 Å². The summed E-state index contributed by atoms with van der Waals surface area (Å²) in [6.07, 6.45) is 4.57. The van der Waals surface area contributed by atoms with Gasteiger partial charge in [0.2, 0.25) is 0 Å². The molecule has 1 aromatic rings. The number of hydrogen-bond donors (Lipinski definition) is 1. The molecule has 1 unspecified atom stereocenters. The number of imidazole rings is 1. The number of carbonyl (C=O) groups is 2. The number of likely N-dealkylation sites (tertiary alicyclic amines) is 1. The summed E-state index contributed by atoms with van der Waals surface area (Å²) in [7, 11) is 3.59. The third kappa shape index (κ3) is 2.86. The zero-order valence-electron chi connectivity index (χ0n) is 12.7. The molecule has 21 heavy (non-hydrogen) atoms. The summed E-state index contributed by atoms with van der Waals surface area (Å²) in [6, 6.07) is -0.144. The van der Waals surface area contributed by atoms with Gasteiger partial charge in [-0.05, 0) is 12.8 Å². The molecule has 2 amide bonds. The minimum absolute atomic E-state index is 0.144. The molecule has 2 heterocycles. The lowest BCUT2D eigenvalue weighted by Gasteiger charge is -2.26. The maximum atomic E-state index is 12.4. The Hall–Kier alpha value is -2.05. The second kappa shape index (κ2) is 5.75. The molecule has 1 atom stereocenters. The number of urea groups is 1. The van der Waals surface area contributed by atoms with Crippen LogP contribution in [0.15, 0.2) is 12.4 Å². The van der Waals surface area contributed by atoms with Gasteiger partial charge in [-0.2, -0.15) is 0 Å². The molecule has 0 saturated carbocycles. The summed E-state index contributed by atoms with van der Waals surface area (Å²) in [5.74, 6) is -0.0166. The second-order valence-electron chi connectivity index (χ2n) is 5.70. The highest BCUT2D eigenvalue weighted by molar-refractivity contribution is 5.79. The van der Waals surface area contributed by atoms with E-state index >= 15 is 0 Å². The van der Waals surface area contributed by atoms with Gasteiger partial charge in [-0.15, -0.1) is 0 Å². The number of aryl methyl sites for hydroxylation is 1. The minimum atomic E-state index is -0.813. The molecule has 7 nitrogen and oxygen atoms in total. The molecular formula is C14H22N4O3. The van der Waals surface area contributed by atoms with Gasteiger partial charge in [0.05, 0.1) is 12.0 Å². The average molecular weight is 294 g/mol. The Kier molecular flexibility index (Phi) is 4.20. The molecule has 0 bridgehead atoms. The number of nitrogens with zero attached hydrogens (tertiary/aromatic N) is 4. The van der Waals surface area contributed by atoms with Gasteiger partial charge in [0.1, 0.15) is 5.82 Å². The van der Waals surface area contributed by atoms with Gasteiger partial charge in [0.25, 0.3) is 0 Å². The Morgan fingerprint density at radius 1 is 1.52 bits per heavy atom.